The van der Waals surface area contributed by atoms with E-state index in [2.05, 4.69) is 15.4 Å². The van der Waals surface area contributed by atoms with Crippen molar-refractivity contribution in [1.82, 2.24) is 19.9 Å². The summed E-state index contributed by atoms with van der Waals surface area (Å²) in [6, 6.07) is 11.8. The van der Waals surface area contributed by atoms with Crippen LogP contribution in [0.25, 0.3) is 16.9 Å². The number of esters is 1. The van der Waals surface area contributed by atoms with Crippen molar-refractivity contribution in [2.75, 3.05) is 6.61 Å². The summed E-state index contributed by atoms with van der Waals surface area (Å²) in [7, 11) is 0. The van der Waals surface area contributed by atoms with Crippen LogP contribution in [0, 0.1) is 0 Å². The lowest BCUT2D eigenvalue weighted by molar-refractivity contribution is -0.124. The Morgan fingerprint density at radius 2 is 1.93 bits per heavy atom. The van der Waals surface area contributed by atoms with Gasteiger partial charge in [-0.25, -0.2) is 14.3 Å². The van der Waals surface area contributed by atoms with Crippen molar-refractivity contribution >= 4 is 17.5 Å². The molecule has 1 amide bonds. The standard InChI is InChI=1S/C20H20N4O3/c25-18(23-15-8-4-5-9-15)13-27-20(26)16-12-22-24-17(10-11-21-19(16)24)14-6-2-1-3-7-14/h1-3,6-7,10-12,15H,4-5,8-9,13H2,(H,23,25). The zero-order chi connectivity index (χ0) is 18.6. The van der Waals surface area contributed by atoms with Crippen LogP contribution in [0.2, 0.25) is 0 Å². The minimum atomic E-state index is -0.607. The normalized spacial score (nSPS) is 14.4. The number of rotatable bonds is 5. The Bertz CT molecular complexity index is 962. The van der Waals surface area contributed by atoms with Crippen LogP contribution in [0.3, 0.4) is 0 Å². The van der Waals surface area contributed by atoms with Crippen LogP contribution >= 0.6 is 0 Å². The van der Waals surface area contributed by atoms with Crippen molar-refractivity contribution in [2.45, 2.75) is 31.7 Å². The first-order valence-electron chi connectivity index (χ1n) is 9.07. The number of ether oxygens (including phenoxy) is 1. The smallest absolute Gasteiger partial charge is 0.344 e. The SMILES string of the molecule is O=C(COC(=O)c1cnn2c(-c3ccccc3)ccnc12)NC1CCCC1. The van der Waals surface area contributed by atoms with E-state index in [1.54, 1.807) is 10.7 Å². The molecular weight excluding hydrogens is 344 g/mol. The van der Waals surface area contributed by atoms with E-state index in [4.69, 9.17) is 4.74 Å². The van der Waals surface area contributed by atoms with Gasteiger partial charge in [-0.1, -0.05) is 43.2 Å². The lowest BCUT2D eigenvalue weighted by atomic mass is 10.1. The summed E-state index contributed by atoms with van der Waals surface area (Å²) in [6.07, 6.45) is 7.28. The number of hydrogen-bond donors (Lipinski definition) is 1. The minimum absolute atomic E-state index is 0.197. The van der Waals surface area contributed by atoms with Gasteiger partial charge in [0.25, 0.3) is 5.91 Å². The maximum atomic E-state index is 12.4. The molecule has 0 unspecified atom stereocenters. The second kappa shape index (κ2) is 7.57. The molecule has 1 aliphatic carbocycles. The Labute approximate surface area is 156 Å². The summed E-state index contributed by atoms with van der Waals surface area (Å²) < 4.78 is 6.77. The van der Waals surface area contributed by atoms with Crippen LogP contribution in [0.15, 0.2) is 48.8 Å². The number of aromatic nitrogens is 3. The number of nitrogens with zero attached hydrogens (tertiary/aromatic N) is 3. The quantitative estimate of drug-likeness (QED) is 0.704. The number of carbonyl (C=O) groups excluding carboxylic acids is 2. The molecule has 4 rings (SSSR count). The summed E-state index contributed by atoms with van der Waals surface area (Å²) in [5.74, 6) is -0.881. The van der Waals surface area contributed by atoms with Gasteiger partial charge >= 0.3 is 5.97 Å². The zero-order valence-electron chi connectivity index (χ0n) is 14.8. The first-order valence-corrected chi connectivity index (χ1v) is 9.07. The number of benzene rings is 1. The van der Waals surface area contributed by atoms with Gasteiger partial charge in [0.05, 0.1) is 11.9 Å². The van der Waals surface area contributed by atoms with Crippen molar-refractivity contribution < 1.29 is 14.3 Å². The van der Waals surface area contributed by atoms with E-state index in [0.717, 1.165) is 36.9 Å². The van der Waals surface area contributed by atoms with Crippen LogP contribution < -0.4 is 5.32 Å². The third-order valence-electron chi connectivity index (χ3n) is 4.75. The van der Waals surface area contributed by atoms with E-state index in [1.165, 1.54) is 6.20 Å². The monoisotopic (exact) mass is 364 g/mol. The van der Waals surface area contributed by atoms with Crippen LogP contribution in [0.5, 0.6) is 0 Å². The molecule has 0 atom stereocenters. The predicted octanol–water partition coefficient (Wildman–Crippen LogP) is 2.61. The highest BCUT2D eigenvalue weighted by molar-refractivity contribution is 5.97. The number of hydrogen-bond acceptors (Lipinski definition) is 5. The zero-order valence-corrected chi connectivity index (χ0v) is 14.8. The van der Waals surface area contributed by atoms with Gasteiger partial charge in [-0.15, -0.1) is 0 Å². The van der Waals surface area contributed by atoms with Gasteiger partial charge < -0.3 is 10.1 Å². The molecule has 0 spiro atoms. The Morgan fingerprint density at radius 3 is 2.70 bits per heavy atom. The van der Waals surface area contributed by atoms with Crippen molar-refractivity contribution in [3.63, 3.8) is 0 Å². The fourth-order valence-electron chi connectivity index (χ4n) is 3.41. The van der Waals surface area contributed by atoms with Gasteiger partial charge in [0.2, 0.25) is 0 Å². The molecular formula is C20H20N4O3. The lowest BCUT2D eigenvalue weighted by Crippen LogP contribution is -2.35. The van der Waals surface area contributed by atoms with E-state index in [1.807, 2.05) is 36.4 Å². The molecule has 7 nitrogen and oxygen atoms in total. The van der Waals surface area contributed by atoms with E-state index in [0.29, 0.717) is 5.65 Å². The topological polar surface area (TPSA) is 85.6 Å². The molecule has 2 heterocycles. The molecule has 0 radical (unpaired) electrons. The van der Waals surface area contributed by atoms with Gasteiger partial charge in [0.15, 0.2) is 12.3 Å². The molecule has 1 saturated carbocycles. The Hall–Kier alpha value is -3.22. The number of fused-ring (bicyclic) bond motifs is 1. The second-order valence-corrected chi connectivity index (χ2v) is 6.61. The summed E-state index contributed by atoms with van der Waals surface area (Å²) in [6.45, 7) is -0.301. The fourth-order valence-corrected chi connectivity index (χ4v) is 3.41. The maximum Gasteiger partial charge on any atom is 0.344 e. The molecule has 2 aromatic heterocycles. The van der Waals surface area contributed by atoms with Crippen molar-refractivity contribution in [3.8, 4) is 11.3 Å². The molecule has 0 saturated heterocycles. The number of carbonyl (C=O) groups is 2. The Morgan fingerprint density at radius 1 is 1.15 bits per heavy atom. The van der Waals surface area contributed by atoms with Gasteiger partial charge in [0.1, 0.15) is 5.56 Å². The molecule has 1 aromatic carbocycles. The van der Waals surface area contributed by atoms with Gasteiger partial charge in [0, 0.05) is 17.8 Å². The van der Waals surface area contributed by atoms with Crippen LogP contribution in [-0.4, -0.2) is 39.1 Å². The largest absolute Gasteiger partial charge is 0.452 e. The number of amides is 1. The summed E-state index contributed by atoms with van der Waals surface area (Å²) in [5, 5.41) is 7.17. The van der Waals surface area contributed by atoms with Crippen LogP contribution in [-0.2, 0) is 9.53 Å². The summed E-state index contributed by atoms with van der Waals surface area (Å²) in [5.41, 5.74) is 2.42. The highest BCUT2D eigenvalue weighted by atomic mass is 16.5. The van der Waals surface area contributed by atoms with Gasteiger partial charge in [-0.05, 0) is 18.9 Å². The predicted molar refractivity (Wildman–Crippen MR) is 99.1 cm³/mol. The third-order valence-corrected chi connectivity index (χ3v) is 4.75. The molecule has 0 bridgehead atoms. The van der Waals surface area contributed by atoms with Crippen molar-refractivity contribution in [2.24, 2.45) is 0 Å². The van der Waals surface area contributed by atoms with Gasteiger partial charge in [-0.2, -0.15) is 5.10 Å². The Balaban J connectivity index is 1.48. The first kappa shape index (κ1) is 17.2. The van der Waals surface area contributed by atoms with Crippen molar-refractivity contribution in [3.05, 3.63) is 54.4 Å². The Kier molecular flexibility index (Phi) is 4.82. The second-order valence-electron chi connectivity index (χ2n) is 6.61. The third kappa shape index (κ3) is 3.67. The maximum absolute atomic E-state index is 12.4. The summed E-state index contributed by atoms with van der Waals surface area (Å²) >= 11 is 0. The highest BCUT2D eigenvalue weighted by Crippen LogP contribution is 2.21. The molecule has 138 valence electrons. The average Bonchev–Trinajstić information content (AvgIpc) is 3.36. The van der Waals surface area contributed by atoms with Crippen molar-refractivity contribution in [1.29, 1.82) is 0 Å². The van der Waals surface area contributed by atoms with E-state index in [-0.39, 0.29) is 24.1 Å². The fraction of sp³-hybridized carbons (Fsp3) is 0.300. The van der Waals surface area contributed by atoms with E-state index < -0.39 is 5.97 Å². The van der Waals surface area contributed by atoms with Crippen LogP contribution in [0.4, 0.5) is 0 Å². The molecule has 27 heavy (non-hydrogen) atoms. The molecule has 1 aliphatic rings. The average molecular weight is 364 g/mol. The van der Waals surface area contributed by atoms with Gasteiger partial charge in [-0.3, -0.25) is 4.79 Å². The molecule has 7 heteroatoms. The molecule has 1 fully saturated rings. The summed E-state index contributed by atoms with van der Waals surface area (Å²) in [4.78, 5) is 28.6. The van der Waals surface area contributed by atoms with E-state index in [9.17, 15) is 9.59 Å². The molecule has 0 aliphatic heterocycles. The minimum Gasteiger partial charge on any atom is -0.452 e. The first-order chi connectivity index (χ1) is 13.2. The highest BCUT2D eigenvalue weighted by Gasteiger charge is 2.20. The number of nitrogens with one attached hydrogen (secondary N) is 1. The lowest BCUT2D eigenvalue weighted by Gasteiger charge is -2.11. The molecule has 1 N–H and O–H groups in total. The molecule has 3 aromatic rings. The van der Waals surface area contributed by atoms with E-state index >= 15 is 0 Å². The van der Waals surface area contributed by atoms with Crippen LogP contribution in [0.1, 0.15) is 36.0 Å².